The summed E-state index contributed by atoms with van der Waals surface area (Å²) in [6, 6.07) is 9.97. The van der Waals surface area contributed by atoms with Crippen LogP contribution >= 0.6 is 0 Å². The van der Waals surface area contributed by atoms with Crippen LogP contribution in [0.3, 0.4) is 0 Å². The molecule has 0 saturated heterocycles. The van der Waals surface area contributed by atoms with Crippen molar-refractivity contribution in [3.8, 4) is 11.1 Å². The maximum absolute atomic E-state index is 13.1. The molecule has 1 N–H and O–H groups in total. The Bertz CT molecular complexity index is 511. The molecule has 82 valence electrons. The number of pyridine rings is 1. The fourth-order valence-corrected chi connectivity index (χ4v) is 1.65. The highest BCUT2D eigenvalue weighted by Gasteiger charge is 2.06. The molecule has 0 amide bonds. The summed E-state index contributed by atoms with van der Waals surface area (Å²) in [5, 5.41) is 9.22. The second kappa shape index (κ2) is 4.41. The minimum atomic E-state index is -0.290. The van der Waals surface area contributed by atoms with Gasteiger partial charge in [0.1, 0.15) is 5.82 Å². The monoisotopic (exact) mass is 217 g/mol. The zero-order valence-electron chi connectivity index (χ0n) is 8.94. The van der Waals surface area contributed by atoms with Gasteiger partial charge >= 0.3 is 0 Å². The van der Waals surface area contributed by atoms with Crippen molar-refractivity contribution in [3.05, 3.63) is 53.6 Å². The Morgan fingerprint density at radius 3 is 2.75 bits per heavy atom. The van der Waals surface area contributed by atoms with E-state index in [0.29, 0.717) is 5.69 Å². The van der Waals surface area contributed by atoms with Crippen molar-refractivity contribution >= 4 is 0 Å². The highest BCUT2D eigenvalue weighted by atomic mass is 19.1. The molecule has 0 aliphatic rings. The van der Waals surface area contributed by atoms with E-state index in [1.165, 1.54) is 12.1 Å². The molecule has 0 aliphatic heterocycles. The van der Waals surface area contributed by atoms with Crippen molar-refractivity contribution in [3.63, 3.8) is 0 Å². The molecule has 1 heterocycles. The number of aromatic nitrogens is 1. The Morgan fingerprint density at radius 1 is 1.25 bits per heavy atom. The van der Waals surface area contributed by atoms with Crippen molar-refractivity contribution < 1.29 is 9.50 Å². The number of rotatable bonds is 2. The van der Waals surface area contributed by atoms with E-state index in [1.807, 2.05) is 19.1 Å². The largest absolute Gasteiger partial charge is 0.390 e. The first-order valence-corrected chi connectivity index (χ1v) is 5.04. The number of benzene rings is 1. The van der Waals surface area contributed by atoms with Crippen LogP contribution in [0.15, 0.2) is 36.4 Å². The van der Waals surface area contributed by atoms with Crippen molar-refractivity contribution in [2.45, 2.75) is 13.5 Å². The lowest BCUT2D eigenvalue weighted by atomic mass is 10.0. The Balaban J connectivity index is 2.55. The first kappa shape index (κ1) is 10.8. The molecule has 0 atom stereocenters. The highest BCUT2D eigenvalue weighted by Crippen LogP contribution is 2.23. The lowest BCUT2D eigenvalue weighted by Gasteiger charge is -2.07. The van der Waals surface area contributed by atoms with Gasteiger partial charge in [-0.3, -0.25) is 4.98 Å². The number of aryl methyl sites for hydroxylation is 1. The number of hydrogen-bond donors (Lipinski definition) is 1. The molecule has 1 aromatic carbocycles. The van der Waals surface area contributed by atoms with E-state index >= 15 is 0 Å². The molecule has 16 heavy (non-hydrogen) atoms. The molecule has 2 aromatic rings. The molecular weight excluding hydrogens is 205 g/mol. The van der Waals surface area contributed by atoms with Crippen LogP contribution in [0.2, 0.25) is 0 Å². The maximum Gasteiger partial charge on any atom is 0.123 e. The van der Waals surface area contributed by atoms with E-state index in [2.05, 4.69) is 4.98 Å². The van der Waals surface area contributed by atoms with Crippen molar-refractivity contribution in [1.82, 2.24) is 4.98 Å². The van der Waals surface area contributed by atoms with Gasteiger partial charge in [-0.05, 0) is 30.7 Å². The highest BCUT2D eigenvalue weighted by molar-refractivity contribution is 5.65. The van der Waals surface area contributed by atoms with Crippen LogP contribution in [-0.4, -0.2) is 10.1 Å². The first-order valence-electron chi connectivity index (χ1n) is 5.04. The van der Waals surface area contributed by atoms with E-state index < -0.39 is 0 Å². The van der Waals surface area contributed by atoms with Gasteiger partial charge in [-0.2, -0.15) is 0 Å². The summed E-state index contributed by atoms with van der Waals surface area (Å²) in [6.45, 7) is 1.71. The molecule has 0 radical (unpaired) electrons. The average molecular weight is 217 g/mol. The molecular formula is C13H12FNO. The van der Waals surface area contributed by atoms with Crippen molar-refractivity contribution in [1.29, 1.82) is 0 Å². The van der Waals surface area contributed by atoms with Crippen molar-refractivity contribution in [2.24, 2.45) is 0 Å². The minimum Gasteiger partial charge on any atom is -0.390 e. The lowest BCUT2D eigenvalue weighted by molar-refractivity contribution is 0.277. The van der Waals surface area contributed by atoms with Crippen LogP contribution < -0.4 is 0 Å². The Hall–Kier alpha value is -1.74. The number of nitrogens with zero attached hydrogens (tertiary/aromatic N) is 1. The predicted molar refractivity (Wildman–Crippen MR) is 60.3 cm³/mol. The lowest BCUT2D eigenvalue weighted by Crippen LogP contribution is -1.96. The van der Waals surface area contributed by atoms with Gasteiger partial charge in [-0.1, -0.05) is 18.2 Å². The summed E-state index contributed by atoms with van der Waals surface area (Å²) >= 11 is 0. The summed E-state index contributed by atoms with van der Waals surface area (Å²) in [5.74, 6) is -0.290. The quantitative estimate of drug-likeness (QED) is 0.839. The molecule has 0 spiro atoms. The van der Waals surface area contributed by atoms with Crippen LogP contribution in [0.5, 0.6) is 0 Å². The second-order valence-electron chi connectivity index (χ2n) is 3.62. The fourth-order valence-electron chi connectivity index (χ4n) is 1.65. The van der Waals surface area contributed by atoms with Crippen LogP contribution in [0, 0.1) is 12.7 Å². The number of halogens is 1. The Labute approximate surface area is 93.4 Å². The molecule has 2 nitrogen and oxygen atoms in total. The molecule has 2 rings (SSSR count). The molecule has 0 saturated carbocycles. The van der Waals surface area contributed by atoms with Crippen LogP contribution in [0.1, 0.15) is 11.4 Å². The fraction of sp³-hybridized carbons (Fsp3) is 0.154. The zero-order chi connectivity index (χ0) is 11.5. The molecule has 0 fully saturated rings. The number of aliphatic hydroxyl groups is 1. The first-order chi connectivity index (χ1) is 7.70. The molecule has 3 heteroatoms. The van der Waals surface area contributed by atoms with Gasteiger partial charge in [-0.15, -0.1) is 0 Å². The maximum atomic E-state index is 13.1. The smallest absolute Gasteiger partial charge is 0.123 e. The SMILES string of the molecule is Cc1ccc(-c2cccc(F)c2)c(CO)n1. The van der Waals surface area contributed by atoms with Gasteiger partial charge in [0, 0.05) is 11.3 Å². The number of hydrogen-bond acceptors (Lipinski definition) is 2. The average Bonchev–Trinajstić information content (AvgIpc) is 2.28. The van der Waals surface area contributed by atoms with Crippen LogP contribution in [0.4, 0.5) is 4.39 Å². The van der Waals surface area contributed by atoms with Crippen LogP contribution in [-0.2, 0) is 6.61 Å². The summed E-state index contributed by atoms with van der Waals surface area (Å²) in [6.07, 6.45) is 0. The van der Waals surface area contributed by atoms with Gasteiger partial charge in [0.15, 0.2) is 0 Å². The summed E-state index contributed by atoms with van der Waals surface area (Å²) in [4.78, 5) is 4.23. The third-order valence-corrected chi connectivity index (χ3v) is 2.40. The summed E-state index contributed by atoms with van der Waals surface area (Å²) in [5.41, 5.74) is 2.92. The third-order valence-electron chi connectivity index (χ3n) is 2.40. The molecule has 0 unspecified atom stereocenters. The molecule has 0 aliphatic carbocycles. The summed E-state index contributed by atoms with van der Waals surface area (Å²) < 4.78 is 13.1. The normalized spacial score (nSPS) is 10.4. The standard InChI is InChI=1S/C13H12FNO/c1-9-5-6-12(13(8-16)15-9)10-3-2-4-11(14)7-10/h2-7,16H,8H2,1H3. The van der Waals surface area contributed by atoms with Gasteiger partial charge in [0.05, 0.1) is 12.3 Å². The number of aliphatic hydroxyl groups excluding tert-OH is 1. The van der Waals surface area contributed by atoms with Crippen LogP contribution in [0.25, 0.3) is 11.1 Å². The third kappa shape index (κ3) is 2.09. The van der Waals surface area contributed by atoms with Crippen molar-refractivity contribution in [2.75, 3.05) is 0 Å². The van der Waals surface area contributed by atoms with Gasteiger partial charge in [0.25, 0.3) is 0 Å². The second-order valence-corrected chi connectivity index (χ2v) is 3.62. The van der Waals surface area contributed by atoms with E-state index in [9.17, 15) is 9.50 Å². The molecule has 0 bridgehead atoms. The van der Waals surface area contributed by atoms with Gasteiger partial charge in [0.2, 0.25) is 0 Å². The molecule has 1 aromatic heterocycles. The van der Waals surface area contributed by atoms with E-state index in [-0.39, 0.29) is 12.4 Å². The van der Waals surface area contributed by atoms with E-state index in [0.717, 1.165) is 16.8 Å². The topological polar surface area (TPSA) is 33.1 Å². The van der Waals surface area contributed by atoms with E-state index in [4.69, 9.17) is 0 Å². The van der Waals surface area contributed by atoms with E-state index in [1.54, 1.807) is 12.1 Å². The minimum absolute atomic E-state index is 0.145. The Morgan fingerprint density at radius 2 is 2.06 bits per heavy atom. The van der Waals surface area contributed by atoms with Gasteiger partial charge < -0.3 is 5.11 Å². The predicted octanol–water partition coefficient (Wildman–Crippen LogP) is 2.69. The Kier molecular flexibility index (Phi) is 2.97. The van der Waals surface area contributed by atoms with Gasteiger partial charge in [-0.25, -0.2) is 4.39 Å². The zero-order valence-corrected chi connectivity index (χ0v) is 8.94. The summed E-state index contributed by atoms with van der Waals surface area (Å²) in [7, 11) is 0.